The molecule has 4 aromatic rings. The van der Waals surface area contributed by atoms with Gasteiger partial charge in [0, 0.05) is 46.7 Å². The number of carboxylic acids is 1. The third-order valence-corrected chi connectivity index (χ3v) is 6.99. The molecule has 1 aliphatic heterocycles. The zero-order valence-corrected chi connectivity index (χ0v) is 25.9. The van der Waals surface area contributed by atoms with Crippen LogP contribution >= 0.6 is 23.2 Å². The van der Waals surface area contributed by atoms with E-state index in [1.807, 2.05) is 37.3 Å². The van der Waals surface area contributed by atoms with E-state index in [4.69, 9.17) is 37.4 Å². The van der Waals surface area contributed by atoms with Gasteiger partial charge in [-0.2, -0.15) is 0 Å². The van der Waals surface area contributed by atoms with Crippen LogP contribution in [0.15, 0.2) is 84.9 Å². The van der Waals surface area contributed by atoms with Gasteiger partial charge in [-0.15, -0.1) is 0 Å². The van der Waals surface area contributed by atoms with E-state index in [1.54, 1.807) is 53.4 Å². The molecule has 0 saturated carbocycles. The summed E-state index contributed by atoms with van der Waals surface area (Å²) in [4.78, 5) is 26.6. The van der Waals surface area contributed by atoms with Gasteiger partial charge in [0.25, 0.3) is 5.91 Å². The molecule has 4 aromatic carbocycles. The summed E-state index contributed by atoms with van der Waals surface area (Å²) in [5, 5.41) is 12.1. The number of carbonyl (C=O) groups is 2. The molecule has 0 aliphatic carbocycles. The summed E-state index contributed by atoms with van der Waals surface area (Å²) in [6, 6.07) is 24.0. The number of halogens is 2. The molecule has 0 radical (unpaired) electrons. The molecule has 1 atom stereocenters. The molecule has 0 fully saturated rings. The summed E-state index contributed by atoms with van der Waals surface area (Å²) < 4.78 is 17.6. The van der Waals surface area contributed by atoms with E-state index in [0.717, 1.165) is 0 Å². The number of nitrogens with zero attached hydrogens (tertiary/aromatic N) is 1. The summed E-state index contributed by atoms with van der Waals surface area (Å²) in [7, 11) is 0. The maximum Gasteiger partial charge on any atom is 1.00 e. The zero-order valence-electron chi connectivity index (χ0n) is 22.4. The first-order chi connectivity index (χ1) is 19.3. The second kappa shape index (κ2) is 13.6. The quantitative estimate of drug-likeness (QED) is 0.286. The van der Waals surface area contributed by atoms with Crippen molar-refractivity contribution in [2.75, 3.05) is 18.1 Å². The maximum absolute atomic E-state index is 13.6. The van der Waals surface area contributed by atoms with Gasteiger partial charge in [0.15, 0.2) is 5.75 Å². The number of benzene rings is 4. The van der Waals surface area contributed by atoms with E-state index >= 15 is 0 Å². The van der Waals surface area contributed by atoms with Crippen molar-refractivity contribution in [3.05, 3.63) is 106 Å². The second-order valence-corrected chi connectivity index (χ2v) is 9.88. The molecule has 204 valence electrons. The Morgan fingerprint density at radius 1 is 0.927 bits per heavy atom. The minimum absolute atomic E-state index is 0. The van der Waals surface area contributed by atoms with Gasteiger partial charge >= 0.3 is 29.6 Å². The summed E-state index contributed by atoms with van der Waals surface area (Å²) in [5.74, 6) is 0.0678. The minimum Gasteiger partial charge on any atom is -0.549 e. The summed E-state index contributed by atoms with van der Waals surface area (Å²) in [6.45, 7) is 2.50. The third-order valence-electron chi connectivity index (χ3n) is 6.46. The monoisotopic (exact) mass is 599 g/mol. The van der Waals surface area contributed by atoms with E-state index in [1.165, 1.54) is 6.07 Å². The Hall–Kier alpha value is -3.20. The number of carboxylic acid groups (broad SMARTS) is 1. The Morgan fingerprint density at radius 3 is 2.39 bits per heavy atom. The average molecular weight is 600 g/mol. The van der Waals surface area contributed by atoms with Crippen LogP contribution < -0.4 is 53.8 Å². The first kappa shape index (κ1) is 30.8. The van der Waals surface area contributed by atoms with Crippen molar-refractivity contribution in [3.63, 3.8) is 0 Å². The SMILES string of the molecule is CCN(C(=O)c1ccc(Oc2ccc3c(c2)OCCC3C(=O)[O-])c(Cl)c1)c1ccc(Cl)cc1Oc1ccccc1.[Na+]. The van der Waals surface area contributed by atoms with Crippen LogP contribution in [-0.2, 0) is 4.79 Å². The minimum atomic E-state index is -1.14. The Balaban J connectivity index is 0.00000387. The summed E-state index contributed by atoms with van der Waals surface area (Å²) in [6.07, 6.45) is 0.349. The van der Waals surface area contributed by atoms with Crippen molar-refractivity contribution in [2.24, 2.45) is 0 Å². The van der Waals surface area contributed by atoms with Crippen molar-refractivity contribution >= 4 is 40.8 Å². The Morgan fingerprint density at radius 2 is 1.68 bits per heavy atom. The molecule has 0 N–H and O–H groups in total. The number of amides is 1. The molecule has 5 rings (SSSR count). The van der Waals surface area contributed by atoms with Gasteiger partial charge in [-0.1, -0.05) is 47.5 Å². The van der Waals surface area contributed by atoms with Crippen molar-refractivity contribution < 1.29 is 58.5 Å². The average Bonchev–Trinajstić information content (AvgIpc) is 2.95. The van der Waals surface area contributed by atoms with Gasteiger partial charge in [-0.3, -0.25) is 4.79 Å². The number of hydrogen-bond acceptors (Lipinski definition) is 6. The van der Waals surface area contributed by atoms with Crippen molar-refractivity contribution in [2.45, 2.75) is 19.3 Å². The fourth-order valence-electron chi connectivity index (χ4n) is 4.51. The fraction of sp³-hybridized carbons (Fsp3) is 0.161. The number of para-hydroxylation sites is 1. The largest absolute Gasteiger partial charge is 1.00 e. The Labute approximate surface area is 269 Å². The molecule has 10 heteroatoms. The van der Waals surface area contributed by atoms with Crippen LogP contribution in [0.1, 0.15) is 35.2 Å². The molecule has 1 heterocycles. The molecule has 1 aliphatic rings. The molecule has 0 saturated heterocycles. The molecular formula is C31H24Cl2NNaO6. The van der Waals surface area contributed by atoms with Crippen LogP contribution in [0.3, 0.4) is 0 Å². The van der Waals surface area contributed by atoms with Gasteiger partial charge in [-0.05, 0) is 61.9 Å². The van der Waals surface area contributed by atoms with Crippen LogP contribution in [0.25, 0.3) is 0 Å². The zero-order chi connectivity index (χ0) is 28.2. The molecule has 1 unspecified atom stereocenters. The van der Waals surface area contributed by atoms with E-state index in [2.05, 4.69) is 0 Å². The molecule has 1 amide bonds. The molecule has 41 heavy (non-hydrogen) atoms. The van der Waals surface area contributed by atoms with Crippen LogP contribution in [0.2, 0.25) is 10.0 Å². The first-order valence-corrected chi connectivity index (χ1v) is 13.4. The van der Waals surface area contributed by atoms with Crippen molar-refractivity contribution in [3.8, 4) is 28.7 Å². The smallest absolute Gasteiger partial charge is 0.549 e. The maximum atomic E-state index is 13.6. The summed E-state index contributed by atoms with van der Waals surface area (Å²) in [5.41, 5.74) is 1.45. The van der Waals surface area contributed by atoms with Crippen LogP contribution in [-0.4, -0.2) is 25.0 Å². The third kappa shape index (κ3) is 7.00. The van der Waals surface area contributed by atoms with E-state index in [-0.39, 0.29) is 47.1 Å². The van der Waals surface area contributed by atoms with E-state index in [9.17, 15) is 14.7 Å². The first-order valence-electron chi connectivity index (χ1n) is 12.6. The Bertz CT molecular complexity index is 1570. The Kier molecular flexibility index (Phi) is 10.2. The number of carbonyl (C=O) groups excluding carboxylic acids is 2. The van der Waals surface area contributed by atoms with Gasteiger partial charge < -0.3 is 29.0 Å². The molecule has 0 spiro atoms. The van der Waals surface area contributed by atoms with Crippen molar-refractivity contribution in [1.82, 2.24) is 0 Å². The number of aliphatic carboxylic acids is 1. The second-order valence-electron chi connectivity index (χ2n) is 9.03. The van der Waals surface area contributed by atoms with Gasteiger partial charge in [0.05, 0.1) is 17.3 Å². The summed E-state index contributed by atoms with van der Waals surface area (Å²) >= 11 is 12.8. The predicted molar refractivity (Wildman–Crippen MR) is 151 cm³/mol. The standard InChI is InChI=1S/C31H25Cl2NO6.Na/c1-2-34(26-12-9-20(32)17-29(26)39-21-6-4-3-5-7-21)30(35)19-8-13-27(25(33)16-19)40-22-10-11-23-24(31(36)37)14-15-38-28(23)18-22;/h3-13,16-18,24H,2,14-15H2,1H3,(H,36,37);/q;+1/p-1. The topological polar surface area (TPSA) is 88.1 Å². The van der Waals surface area contributed by atoms with Crippen LogP contribution in [0.4, 0.5) is 5.69 Å². The molecule has 0 aromatic heterocycles. The fourth-order valence-corrected chi connectivity index (χ4v) is 4.89. The van der Waals surface area contributed by atoms with E-state index in [0.29, 0.717) is 63.6 Å². The van der Waals surface area contributed by atoms with Gasteiger partial charge in [0.2, 0.25) is 0 Å². The molecular weight excluding hydrogens is 576 g/mol. The van der Waals surface area contributed by atoms with Gasteiger partial charge in [0.1, 0.15) is 23.0 Å². The van der Waals surface area contributed by atoms with E-state index < -0.39 is 11.9 Å². The van der Waals surface area contributed by atoms with Gasteiger partial charge in [-0.25, -0.2) is 0 Å². The normalized spacial score (nSPS) is 13.7. The predicted octanol–water partition coefficient (Wildman–Crippen LogP) is 3.86. The number of anilines is 1. The number of rotatable bonds is 8. The van der Waals surface area contributed by atoms with Crippen LogP contribution in [0.5, 0.6) is 28.7 Å². The molecule has 7 nitrogen and oxygen atoms in total. The van der Waals surface area contributed by atoms with Crippen molar-refractivity contribution in [1.29, 1.82) is 0 Å². The number of ether oxygens (including phenoxy) is 3. The number of fused-ring (bicyclic) bond motifs is 1. The van der Waals surface area contributed by atoms with Crippen LogP contribution in [0, 0.1) is 0 Å². The molecule has 0 bridgehead atoms. The number of hydrogen-bond donors (Lipinski definition) is 0.